The van der Waals surface area contributed by atoms with Crippen LogP contribution in [0.4, 0.5) is 0 Å². The smallest absolute Gasteiger partial charge is 0.0528 e. The molecule has 1 aromatic carbocycles. The lowest BCUT2D eigenvalue weighted by Gasteiger charge is -2.08. The predicted octanol–water partition coefficient (Wildman–Crippen LogP) is 4.51. The molecule has 16 heavy (non-hydrogen) atoms. The number of hydrogen-bond donors (Lipinski definition) is 1. The summed E-state index contributed by atoms with van der Waals surface area (Å²) in [6.45, 7) is 8.79. The van der Waals surface area contributed by atoms with Gasteiger partial charge in [0.25, 0.3) is 0 Å². The second-order valence-corrected chi connectivity index (χ2v) is 6.80. The Balaban J connectivity index is 2.32. The first-order chi connectivity index (χ1) is 7.59. The highest BCUT2D eigenvalue weighted by Gasteiger charge is 2.00. The zero-order valence-electron chi connectivity index (χ0n) is 10.5. The Morgan fingerprint density at radius 1 is 1.06 bits per heavy atom. The lowest BCUT2D eigenvalue weighted by molar-refractivity contribution is 0.656. The van der Waals surface area contributed by atoms with Crippen LogP contribution in [0.2, 0.25) is 0 Å². The lowest BCUT2D eigenvalue weighted by atomic mass is 10.0. The molecule has 1 rings (SSSR count). The highest BCUT2D eigenvalue weighted by atomic mass is 33.1. The first-order valence-electron chi connectivity index (χ1n) is 5.72. The summed E-state index contributed by atoms with van der Waals surface area (Å²) in [7, 11) is 3.69. The Labute approximate surface area is 107 Å². The molecule has 0 aliphatic heterocycles. The van der Waals surface area contributed by atoms with Gasteiger partial charge in [-0.15, -0.1) is 0 Å². The quantitative estimate of drug-likeness (QED) is 0.456. The fourth-order valence-electron chi connectivity index (χ4n) is 1.21. The summed E-state index contributed by atoms with van der Waals surface area (Å²) in [5.41, 5.74) is 1.41. The van der Waals surface area contributed by atoms with Gasteiger partial charge in [-0.2, -0.15) is 0 Å². The molecule has 3 heteroatoms. The molecule has 0 fully saturated rings. The molecule has 0 aromatic heterocycles. The summed E-state index contributed by atoms with van der Waals surface area (Å²) in [5, 5.41) is 3.39. The van der Waals surface area contributed by atoms with Crippen molar-refractivity contribution in [3.05, 3.63) is 29.8 Å². The van der Waals surface area contributed by atoms with E-state index in [4.69, 9.17) is 0 Å². The third kappa shape index (κ3) is 5.28. The molecule has 0 heterocycles. The first kappa shape index (κ1) is 13.9. The first-order valence-corrected chi connectivity index (χ1v) is 8.04. The molecule has 0 bridgehead atoms. The molecule has 1 aromatic rings. The summed E-state index contributed by atoms with van der Waals surface area (Å²) >= 11 is 0. The molecule has 0 aliphatic carbocycles. The van der Waals surface area contributed by atoms with Gasteiger partial charge in [-0.1, -0.05) is 61.4 Å². The molecule has 0 atom stereocenters. The van der Waals surface area contributed by atoms with E-state index in [2.05, 4.69) is 57.3 Å². The van der Waals surface area contributed by atoms with Gasteiger partial charge in [0, 0.05) is 10.9 Å². The zero-order valence-corrected chi connectivity index (χ0v) is 12.1. The van der Waals surface area contributed by atoms with E-state index in [1.54, 1.807) is 0 Å². The summed E-state index contributed by atoms with van der Waals surface area (Å²) in [6.07, 6.45) is 0. The lowest BCUT2D eigenvalue weighted by Crippen LogP contribution is -2.21. The van der Waals surface area contributed by atoms with Crippen LogP contribution in [0.5, 0.6) is 0 Å². The summed E-state index contributed by atoms with van der Waals surface area (Å²) in [6, 6.07) is 9.44. The molecule has 0 spiro atoms. The van der Waals surface area contributed by atoms with E-state index in [-0.39, 0.29) is 0 Å². The van der Waals surface area contributed by atoms with Gasteiger partial charge in [0.1, 0.15) is 0 Å². The normalized spacial score (nSPS) is 11.4. The minimum absolute atomic E-state index is 0.566. The van der Waals surface area contributed by atoms with Crippen LogP contribution in [-0.2, 0) is 0 Å². The van der Waals surface area contributed by atoms with Gasteiger partial charge >= 0.3 is 0 Å². The van der Waals surface area contributed by atoms with E-state index in [1.165, 1.54) is 10.5 Å². The van der Waals surface area contributed by atoms with Gasteiger partial charge < -0.3 is 5.32 Å². The third-order valence-electron chi connectivity index (χ3n) is 2.25. The number of rotatable bonds is 6. The molecule has 0 amide bonds. The Bertz CT molecular complexity index is 293. The summed E-state index contributed by atoms with van der Waals surface area (Å²) < 4.78 is 0. The maximum absolute atomic E-state index is 3.39. The van der Waals surface area contributed by atoms with Gasteiger partial charge in [0.15, 0.2) is 0 Å². The maximum atomic E-state index is 3.39. The number of nitrogens with one attached hydrogen (secondary N) is 1. The van der Waals surface area contributed by atoms with E-state index in [9.17, 15) is 0 Å². The average Bonchev–Trinajstić information content (AvgIpc) is 2.25. The van der Waals surface area contributed by atoms with Crippen molar-refractivity contribution in [3.8, 4) is 0 Å². The van der Waals surface area contributed by atoms with Crippen molar-refractivity contribution in [1.29, 1.82) is 0 Å². The van der Waals surface area contributed by atoms with Gasteiger partial charge in [-0.25, -0.2) is 0 Å². The Hall–Kier alpha value is -0.120. The highest BCUT2D eigenvalue weighted by molar-refractivity contribution is 8.76. The van der Waals surface area contributed by atoms with Gasteiger partial charge in [0.05, 0.1) is 5.88 Å². The van der Waals surface area contributed by atoms with Crippen LogP contribution < -0.4 is 5.32 Å². The van der Waals surface area contributed by atoms with Crippen LogP contribution in [0.15, 0.2) is 29.2 Å². The molecule has 1 N–H and O–H groups in total. The van der Waals surface area contributed by atoms with Gasteiger partial charge in [-0.3, -0.25) is 0 Å². The van der Waals surface area contributed by atoms with Crippen LogP contribution >= 0.6 is 21.6 Å². The van der Waals surface area contributed by atoms with Gasteiger partial charge in [-0.05, 0) is 23.6 Å². The van der Waals surface area contributed by atoms with E-state index >= 15 is 0 Å². The molecule has 1 nitrogen and oxygen atoms in total. The second kappa shape index (κ2) is 7.25. The van der Waals surface area contributed by atoms with E-state index in [0.29, 0.717) is 12.0 Å². The van der Waals surface area contributed by atoms with Gasteiger partial charge in [0.2, 0.25) is 0 Å². The molecule has 0 radical (unpaired) electrons. The van der Waals surface area contributed by atoms with Crippen molar-refractivity contribution >= 4 is 21.6 Å². The van der Waals surface area contributed by atoms with E-state index in [0.717, 1.165) is 5.88 Å². The minimum atomic E-state index is 0.566. The van der Waals surface area contributed by atoms with E-state index in [1.807, 2.05) is 21.6 Å². The molecule has 0 saturated heterocycles. The van der Waals surface area contributed by atoms with Crippen molar-refractivity contribution < 1.29 is 0 Å². The number of hydrogen-bond acceptors (Lipinski definition) is 3. The largest absolute Gasteiger partial charge is 0.305 e. The molecular formula is C13H21NS2. The fourth-order valence-corrected chi connectivity index (χ4v) is 3.17. The molecule has 0 saturated carbocycles. The summed E-state index contributed by atoms with van der Waals surface area (Å²) in [4.78, 5) is 1.33. The monoisotopic (exact) mass is 255 g/mol. The SMILES string of the molecule is CC(C)NCSSc1ccc(C(C)C)cc1. The second-order valence-electron chi connectivity index (χ2n) is 4.43. The van der Waals surface area contributed by atoms with Crippen LogP contribution in [0.25, 0.3) is 0 Å². The molecule has 0 unspecified atom stereocenters. The number of benzene rings is 1. The molecular weight excluding hydrogens is 234 g/mol. The van der Waals surface area contributed by atoms with Crippen LogP contribution in [0, 0.1) is 0 Å². The fraction of sp³-hybridized carbons (Fsp3) is 0.538. The van der Waals surface area contributed by atoms with Crippen molar-refractivity contribution in [1.82, 2.24) is 5.32 Å². The van der Waals surface area contributed by atoms with Crippen LogP contribution in [0.1, 0.15) is 39.2 Å². The van der Waals surface area contributed by atoms with Crippen molar-refractivity contribution in [2.45, 2.75) is 44.6 Å². The predicted molar refractivity (Wildman–Crippen MR) is 77.1 cm³/mol. The highest BCUT2D eigenvalue weighted by Crippen LogP contribution is 2.31. The maximum Gasteiger partial charge on any atom is 0.0528 e. The average molecular weight is 255 g/mol. The Kier molecular flexibility index (Phi) is 6.32. The molecule has 90 valence electrons. The minimum Gasteiger partial charge on any atom is -0.305 e. The van der Waals surface area contributed by atoms with Crippen molar-refractivity contribution in [2.24, 2.45) is 0 Å². The Morgan fingerprint density at radius 2 is 1.69 bits per heavy atom. The van der Waals surface area contributed by atoms with Crippen LogP contribution in [-0.4, -0.2) is 11.9 Å². The van der Waals surface area contributed by atoms with E-state index < -0.39 is 0 Å². The summed E-state index contributed by atoms with van der Waals surface area (Å²) in [5.74, 6) is 1.61. The standard InChI is InChI=1S/C13H21NS2/c1-10(2)12-5-7-13(8-6-12)16-15-9-14-11(3)4/h5-8,10-11,14H,9H2,1-4H3. The van der Waals surface area contributed by atoms with Crippen molar-refractivity contribution in [3.63, 3.8) is 0 Å². The molecule has 0 aliphatic rings. The topological polar surface area (TPSA) is 12.0 Å². The van der Waals surface area contributed by atoms with Crippen molar-refractivity contribution in [2.75, 3.05) is 5.88 Å². The zero-order chi connectivity index (χ0) is 12.0. The third-order valence-corrected chi connectivity index (χ3v) is 4.40. The van der Waals surface area contributed by atoms with Crippen LogP contribution in [0.3, 0.4) is 0 Å². The Morgan fingerprint density at radius 3 is 2.19 bits per heavy atom.